The van der Waals surface area contributed by atoms with Crippen molar-refractivity contribution < 1.29 is 0 Å². The Morgan fingerprint density at radius 3 is 2.21 bits per heavy atom. The minimum absolute atomic E-state index is 0.630. The molecule has 1 aliphatic rings. The molecule has 4 rings (SSSR count). The fourth-order valence-electron chi connectivity index (χ4n) is 3.63. The summed E-state index contributed by atoms with van der Waals surface area (Å²) in [5, 5.41) is 0. The van der Waals surface area contributed by atoms with Gasteiger partial charge in [0.1, 0.15) is 12.0 Å². The van der Waals surface area contributed by atoms with E-state index in [4.69, 9.17) is 5.73 Å². The first-order chi connectivity index (χ1) is 13.7. The summed E-state index contributed by atoms with van der Waals surface area (Å²) in [4.78, 5) is 15.7. The molecule has 0 radical (unpaired) electrons. The number of benzene rings is 2. The number of nitrogen functional groups attached to an aromatic ring is 1. The SMILES string of the molecule is CN(c1ccccc1)c1ncnc(N2CCN(Cc3ccccc3)CC2)c1N. The first-order valence-corrected chi connectivity index (χ1v) is 9.63. The van der Waals surface area contributed by atoms with E-state index in [1.807, 2.05) is 42.3 Å². The van der Waals surface area contributed by atoms with Crippen LogP contribution in [0.2, 0.25) is 0 Å². The molecule has 2 aromatic carbocycles. The van der Waals surface area contributed by atoms with Gasteiger partial charge in [-0.1, -0.05) is 48.5 Å². The van der Waals surface area contributed by atoms with Gasteiger partial charge in [-0.05, 0) is 17.7 Å². The Balaban J connectivity index is 1.45. The molecule has 144 valence electrons. The van der Waals surface area contributed by atoms with E-state index in [1.54, 1.807) is 6.33 Å². The lowest BCUT2D eigenvalue weighted by Crippen LogP contribution is -2.46. The van der Waals surface area contributed by atoms with Crippen molar-refractivity contribution in [3.8, 4) is 0 Å². The third-order valence-electron chi connectivity index (χ3n) is 5.22. The fraction of sp³-hybridized carbons (Fsp3) is 0.273. The minimum Gasteiger partial charge on any atom is -0.393 e. The Morgan fingerprint density at radius 1 is 0.893 bits per heavy atom. The minimum atomic E-state index is 0.630. The van der Waals surface area contributed by atoms with Gasteiger partial charge in [0.05, 0.1) is 0 Å². The van der Waals surface area contributed by atoms with Crippen LogP contribution in [-0.2, 0) is 6.54 Å². The normalized spacial score (nSPS) is 14.8. The van der Waals surface area contributed by atoms with Crippen LogP contribution in [0.1, 0.15) is 5.56 Å². The van der Waals surface area contributed by atoms with Gasteiger partial charge >= 0.3 is 0 Å². The van der Waals surface area contributed by atoms with Gasteiger partial charge in [-0.25, -0.2) is 9.97 Å². The van der Waals surface area contributed by atoms with Gasteiger partial charge in [0.25, 0.3) is 0 Å². The molecular formula is C22H26N6. The summed E-state index contributed by atoms with van der Waals surface area (Å²) in [6, 6.07) is 20.7. The average molecular weight is 374 g/mol. The van der Waals surface area contributed by atoms with Crippen LogP contribution < -0.4 is 15.5 Å². The van der Waals surface area contributed by atoms with E-state index in [2.05, 4.69) is 50.1 Å². The maximum atomic E-state index is 6.49. The fourth-order valence-corrected chi connectivity index (χ4v) is 3.63. The molecule has 0 atom stereocenters. The molecule has 2 N–H and O–H groups in total. The second-order valence-electron chi connectivity index (χ2n) is 7.08. The third kappa shape index (κ3) is 3.92. The molecule has 6 heteroatoms. The van der Waals surface area contributed by atoms with Crippen LogP contribution in [0.3, 0.4) is 0 Å². The molecule has 1 aliphatic heterocycles. The second kappa shape index (κ2) is 8.27. The number of piperazine rings is 1. The van der Waals surface area contributed by atoms with Crippen LogP contribution >= 0.6 is 0 Å². The highest BCUT2D eigenvalue weighted by molar-refractivity contribution is 5.79. The largest absolute Gasteiger partial charge is 0.393 e. The van der Waals surface area contributed by atoms with Crippen LogP contribution in [-0.4, -0.2) is 48.1 Å². The van der Waals surface area contributed by atoms with E-state index in [9.17, 15) is 0 Å². The molecule has 0 bridgehead atoms. The molecule has 0 aliphatic carbocycles. The Kier molecular flexibility index (Phi) is 5.39. The van der Waals surface area contributed by atoms with Crippen molar-refractivity contribution >= 4 is 23.0 Å². The topological polar surface area (TPSA) is 61.5 Å². The van der Waals surface area contributed by atoms with Crippen molar-refractivity contribution in [3.05, 3.63) is 72.6 Å². The lowest BCUT2D eigenvalue weighted by Gasteiger charge is -2.36. The van der Waals surface area contributed by atoms with Crippen molar-refractivity contribution in [3.63, 3.8) is 0 Å². The number of anilines is 4. The summed E-state index contributed by atoms with van der Waals surface area (Å²) in [7, 11) is 1.98. The smallest absolute Gasteiger partial charge is 0.161 e. The molecule has 0 saturated carbocycles. The first kappa shape index (κ1) is 18.3. The van der Waals surface area contributed by atoms with Gasteiger partial charge in [0.15, 0.2) is 11.6 Å². The van der Waals surface area contributed by atoms with E-state index in [-0.39, 0.29) is 0 Å². The highest BCUT2D eigenvalue weighted by Crippen LogP contribution is 2.32. The summed E-state index contributed by atoms with van der Waals surface area (Å²) in [6.45, 7) is 4.77. The van der Waals surface area contributed by atoms with Gasteiger partial charge in [-0.3, -0.25) is 4.90 Å². The molecule has 28 heavy (non-hydrogen) atoms. The number of rotatable bonds is 5. The standard InChI is InChI=1S/C22H26N6/c1-26(19-10-6-3-7-11-19)21-20(23)22(25-17-24-21)28-14-12-27(13-15-28)16-18-8-4-2-5-9-18/h2-11,17H,12-16,23H2,1H3. The number of para-hydroxylation sites is 1. The molecule has 0 spiro atoms. The van der Waals surface area contributed by atoms with Crippen molar-refractivity contribution in [2.45, 2.75) is 6.54 Å². The van der Waals surface area contributed by atoms with Crippen molar-refractivity contribution in [1.82, 2.24) is 14.9 Å². The molecule has 1 aromatic heterocycles. The van der Waals surface area contributed by atoms with Crippen molar-refractivity contribution in [2.75, 3.05) is 48.8 Å². The van der Waals surface area contributed by atoms with E-state index in [0.717, 1.165) is 50.0 Å². The summed E-state index contributed by atoms with van der Waals surface area (Å²) in [6.07, 6.45) is 1.61. The van der Waals surface area contributed by atoms with Crippen molar-refractivity contribution in [1.29, 1.82) is 0 Å². The van der Waals surface area contributed by atoms with Crippen LogP contribution in [0.5, 0.6) is 0 Å². The predicted octanol–water partition coefficient (Wildman–Crippen LogP) is 3.15. The average Bonchev–Trinajstić information content (AvgIpc) is 2.75. The summed E-state index contributed by atoms with van der Waals surface area (Å²) >= 11 is 0. The molecule has 3 aromatic rings. The van der Waals surface area contributed by atoms with E-state index >= 15 is 0 Å². The molecule has 6 nitrogen and oxygen atoms in total. The molecule has 0 unspecified atom stereocenters. The van der Waals surface area contributed by atoms with Gasteiger partial charge in [-0.15, -0.1) is 0 Å². The third-order valence-corrected chi connectivity index (χ3v) is 5.22. The Morgan fingerprint density at radius 2 is 1.54 bits per heavy atom. The van der Waals surface area contributed by atoms with Gasteiger partial charge in [0, 0.05) is 45.5 Å². The molecular weight excluding hydrogens is 348 g/mol. The van der Waals surface area contributed by atoms with E-state index in [1.165, 1.54) is 5.56 Å². The van der Waals surface area contributed by atoms with Gasteiger partial charge in [-0.2, -0.15) is 0 Å². The van der Waals surface area contributed by atoms with Gasteiger partial charge in [0.2, 0.25) is 0 Å². The van der Waals surface area contributed by atoms with Crippen LogP contribution in [0.15, 0.2) is 67.0 Å². The maximum absolute atomic E-state index is 6.49. The number of hydrogen-bond acceptors (Lipinski definition) is 6. The number of hydrogen-bond donors (Lipinski definition) is 1. The predicted molar refractivity (Wildman–Crippen MR) is 115 cm³/mol. The zero-order valence-electron chi connectivity index (χ0n) is 16.2. The van der Waals surface area contributed by atoms with E-state index in [0.29, 0.717) is 5.69 Å². The van der Waals surface area contributed by atoms with Crippen molar-refractivity contribution in [2.24, 2.45) is 0 Å². The highest BCUT2D eigenvalue weighted by atomic mass is 15.3. The zero-order chi connectivity index (χ0) is 19.3. The summed E-state index contributed by atoms with van der Waals surface area (Å²) in [5.74, 6) is 1.56. The monoisotopic (exact) mass is 374 g/mol. The Hall–Kier alpha value is -3.12. The molecule has 1 fully saturated rings. The molecule has 0 amide bonds. The quantitative estimate of drug-likeness (QED) is 0.740. The number of aromatic nitrogens is 2. The number of nitrogens with zero attached hydrogens (tertiary/aromatic N) is 5. The van der Waals surface area contributed by atoms with Crippen LogP contribution in [0.4, 0.5) is 23.0 Å². The van der Waals surface area contributed by atoms with Gasteiger partial charge < -0.3 is 15.5 Å². The maximum Gasteiger partial charge on any atom is 0.161 e. The second-order valence-corrected chi connectivity index (χ2v) is 7.08. The number of nitrogens with two attached hydrogens (primary N) is 1. The summed E-state index contributed by atoms with van der Waals surface area (Å²) < 4.78 is 0. The highest BCUT2D eigenvalue weighted by Gasteiger charge is 2.22. The molecule has 1 saturated heterocycles. The Bertz CT molecular complexity index is 891. The van der Waals surface area contributed by atoms with Crippen LogP contribution in [0.25, 0.3) is 0 Å². The van der Waals surface area contributed by atoms with E-state index < -0.39 is 0 Å². The zero-order valence-corrected chi connectivity index (χ0v) is 16.2. The Labute approximate surface area is 166 Å². The molecule has 2 heterocycles. The van der Waals surface area contributed by atoms with Crippen LogP contribution in [0, 0.1) is 0 Å². The lowest BCUT2D eigenvalue weighted by molar-refractivity contribution is 0.249. The summed E-state index contributed by atoms with van der Waals surface area (Å²) in [5.41, 5.74) is 9.52. The first-order valence-electron chi connectivity index (χ1n) is 9.63. The lowest BCUT2D eigenvalue weighted by atomic mass is 10.2.